The summed E-state index contributed by atoms with van der Waals surface area (Å²) in [5.41, 5.74) is 0.334. The molecule has 0 spiro atoms. The van der Waals surface area contributed by atoms with E-state index in [-0.39, 0.29) is 54.7 Å². The van der Waals surface area contributed by atoms with Gasteiger partial charge in [-0.2, -0.15) is 13.2 Å². The molecule has 1 fully saturated rings. The second kappa shape index (κ2) is 7.67. The monoisotopic (exact) mass is 436 g/mol. The molecule has 0 atom stereocenters. The van der Waals surface area contributed by atoms with Gasteiger partial charge in [0.05, 0.1) is 21.2 Å². The van der Waals surface area contributed by atoms with E-state index in [1.54, 1.807) is 12.1 Å². The van der Waals surface area contributed by atoms with Gasteiger partial charge in [-0.1, -0.05) is 5.16 Å². The van der Waals surface area contributed by atoms with E-state index in [1.807, 2.05) is 0 Å². The number of carbonyl (C=O) groups excluding carboxylic acids is 3. The van der Waals surface area contributed by atoms with Crippen molar-refractivity contribution in [1.82, 2.24) is 10.1 Å². The summed E-state index contributed by atoms with van der Waals surface area (Å²) < 4.78 is 43.7. The lowest BCUT2D eigenvalue weighted by Gasteiger charge is -2.32. The van der Waals surface area contributed by atoms with Crippen molar-refractivity contribution >= 4 is 34.4 Å². The van der Waals surface area contributed by atoms with Crippen molar-refractivity contribution < 1.29 is 32.1 Å². The fraction of sp³-hybridized carbons (Fsp3) is 0.300. The van der Waals surface area contributed by atoms with Crippen molar-refractivity contribution in [2.24, 2.45) is 5.92 Å². The molecule has 0 saturated carbocycles. The number of carbonyl (C=O) groups is 3. The Morgan fingerprint density at radius 3 is 2.60 bits per heavy atom. The van der Waals surface area contributed by atoms with Crippen molar-refractivity contribution in [3.8, 4) is 10.6 Å². The van der Waals surface area contributed by atoms with E-state index in [0.717, 1.165) is 17.4 Å². The molecule has 1 amide bonds. The number of thiophene rings is 1. The van der Waals surface area contributed by atoms with Gasteiger partial charge in [0.2, 0.25) is 0 Å². The number of allylic oxidation sites excluding steroid dienone is 4. The zero-order valence-corrected chi connectivity index (χ0v) is 16.3. The molecule has 2 aromatic heterocycles. The molecule has 0 radical (unpaired) electrons. The highest BCUT2D eigenvalue weighted by atomic mass is 32.1. The molecule has 4 rings (SSSR count). The third-order valence-corrected chi connectivity index (χ3v) is 6.13. The predicted octanol–water partition coefficient (Wildman–Crippen LogP) is 3.91. The van der Waals surface area contributed by atoms with E-state index in [0.29, 0.717) is 15.5 Å². The molecule has 2 aromatic rings. The second-order valence-electron chi connectivity index (χ2n) is 7.01. The Labute approximate surface area is 172 Å². The summed E-state index contributed by atoms with van der Waals surface area (Å²) in [5.74, 6) is -2.06. The molecule has 1 aliphatic carbocycles. The first-order valence-corrected chi connectivity index (χ1v) is 9.95. The first-order chi connectivity index (χ1) is 14.2. The normalized spacial score (nSPS) is 18.1. The first-order valence-electron chi connectivity index (χ1n) is 9.14. The highest BCUT2D eigenvalue weighted by molar-refractivity contribution is 7.17. The molecular formula is C20H15F3N2O4S. The Kier molecular flexibility index (Phi) is 5.19. The summed E-state index contributed by atoms with van der Waals surface area (Å²) in [6, 6.07) is 4.73. The molecule has 10 heteroatoms. The quantitative estimate of drug-likeness (QED) is 0.682. The van der Waals surface area contributed by atoms with Gasteiger partial charge in [-0.05, 0) is 43.2 Å². The number of hydrogen-bond acceptors (Lipinski definition) is 6. The number of rotatable bonds is 3. The predicted molar refractivity (Wildman–Crippen MR) is 102 cm³/mol. The van der Waals surface area contributed by atoms with Gasteiger partial charge in [-0.15, -0.1) is 11.3 Å². The maximum Gasteiger partial charge on any atom is 0.391 e. The lowest BCUT2D eigenvalue weighted by Crippen LogP contribution is -2.41. The van der Waals surface area contributed by atoms with Gasteiger partial charge in [0.15, 0.2) is 17.3 Å². The van der Waals surface area contributed by atoms with Crippen LogP contribution < -0.4 is 0 Å². The van der Waals surface area contributed by atoms with Crippen LogP contribution in [0.2, 0.25) is 0 Å². The van der Waals surface area contributed by atoms with Crippen LogP contribution in [0.15, 0.2) is 41.0 Å². The largest absolute Gasteiger partial charge is 0.391 e. The van der Waals surface area contributed by atoms with Crippen molar-refractivity contribution in [3.63, 3.8) is 0 Å². The van der Waals surface area contributed by atoms with Gasteiger partial charge in [-0.3, -0.25) is 14.4 Å². The maximum absolute atomic E-state index is 12.8. The van der Waals surface area contributed by atoms with E-state index in [4.69, 9.17) is 4.52 Å². The summed E-state index contributed by atoms with van der Waals surface area (Å²) in [6.45, 7) is 0.112. The van der Waals surface area contributed by atoms with Crippen LogP contribution >= 0.6 is 11.3 Å². The smallest absolute Gasteiger partial charge is 0.355 e. The van der Waals surface area contributed by atoms with E-state index >= 15 is 0 Å². The Bertz CT molecular complexity index is 1070. The van der Waals surface area contributed by atoms with Crippen molar-refractivity contribution in [2.75, 3.05) is 13.1 Å². The molecule has 1 aliphatic heterocycles. The van der Waals surface area contributed by atoms with E-state index in [9.17, 15) is 27.6 Å². The third kappa shape index (κ3) is 4.00. The summed E-state index contributed by atoms with van der Waals surface area (Å²) >= 11 is 1.12. The highest BCUT2D eigenvalue weighted by Crippen LogP contribution is 2.36. The fourth-order valence-corrected chi connectivity index (χ4v) is 4.30. The van der Waals surface area contributed by atoms with E-state index < -0.39 is 12.1 Å². The molecule has 0 N–H and O–H groups in total. The number of hydrogen-bond donors (Lipinski definition) is 0. The average Bonchev–Trinajstić information content (AvgIpc) is 3.38. The summed E-state index contributed by atoms with van der Waals surface area (Å²) in [7, 11) is 0. The minimum atomic E-state index is -4.23. The molecule has 0 unspecified atom stereocenters. The topological polar surface area (TPSA) is 80.5 Å². The van der Waals surface area contributed by atoms with Crippen molar-refractivity contribution in [1.29, 1.82) is 0 Å². The molecule has 3 heterocycles. The number of likely N-dealkylation sites (tertiary alicyclic amines) is 1. The van der Waals surface area contributed by atoms with Gasteiger partial charge in [0, 0.05) is 19.2 Å². The van der Waals surface area contributed by atoms with Crippen molar-refractivity contribution in [2.45, 2.75) is 19.0 Å². The zero-order chi connectivity index (χ0) is 21.5. The summed E-state index contributed by atoms with van der Waals surface area (Å²) in [4.78, 5) is 38.4. The second-order valence-corrected chi connectivity index (χ2v) is 8.09. The summed E-state index contributed by atoms with van der Waals surface area (Å²) in [5, 5.41) is 3.83. The van der Waals surface area contributed by atoms with Gasteiger partial charge in [0.25, 0.3) is 5.91 Å². The lowest BCUT2D eigenvalue weighted by atomic mass is 9.96. The third-order valence-electron chi connectivity index (χ3n) is 5.04. The lowest BCUT2D eigenvalue weighted by molar-refractivity contribution is -0.183. The number of alkyl halides is 3. The first kappa shape index (κ1) is 20.3. The Hall–Kier alpha value is -3.01. The van der Waals surface area contributed by atoms with Gasteiger partial charge in [0.1, 0.15) is 5.69 Å². The van der Waals surface area contributed by atoms with Gasteiger partial charge in [-0.25, -0.2) is 0 Å². The fourth-order valence-electron chi connectivity index (χ4n) is 3.38. The Morgan fingerprint density at radius 1 is 1.17 bits per heavy atom. The molecule has 30 heavy (non-hydrogen) atoms. The summed E-state index contributed by atoms with van der Waals surface area (Å²) in [6.07, 6.45) is -0.926. The van der Waals surface area contributed by atoms with Gasteiger partial charge >= 0.3 is 6.18 Å². The number of amides is 1. The SMILES string of the molecule is O=C1C=CC(=O)C(c2cc(-c3ccc(C(=O)N4CCC(C(F)(F)F)CC4)s3)on2)=C1. The maximum atomic E-state index is 12.8. The molecule has 2 aliphatic rings. The molecular weight excluding hydrogens is 421 g/mol. The minimum absolute atomic E-state index is 0.0561. The van der Waals surface area contributed by atoms with Gasteiger partial charge < -0.3 is 9.42 Å². The van der Waals surface area contributed by atoms with Crippen LogP contribution in [0.5, 0.6) is 0 Å². The molecule has 1 saturated heterocycles. The zero-order valence-electron chi connectivity index (χ0n) is 15.4. The number of aromatic nitrogens is 1. The van der Waals surface area contributed by atoms with Crippen molar-refractivity contribution in [3.05, 3.63) is 47.0 Å². The Balaban J connectivity index is 1.46. The number of halogens is 3. The Morgan fingerprint density at radius 2 is 1.90 bits per heavy atom. The van der Waals surface area contributed by atoms with Crippen LogP contribution in [0.4, 0.5) is 13.2 Å². The van der Waals surface area contributed by atoms with Crippen LogP contribution in [-0.4, -0.2) is 46.8 Å². The number of piperidine rings is 1. The van der Waals surface area contributed by atoms with Crippen LogP contribution in [0, 0.1) is 5.92 Å². The molecule has 0 aromatic carbocycles. The average molecular weight is 436 g/mol. The number of ketones is 2. The molecule has 0 bridgehead atoms. The van der Waals surface area contributed by atoms with Crippen LogP contribution in [-0.2, 0) is 9.59 Å². The molecule has 156 valence electrons. The van der Waals surface area contributed by atoms with Crippen LogP contribution in [0.3, 0.4) is 0 Å². The van der Waals surface area contributed by atoms with Crippen LogP contribution in [0.1, 0.15) is 28.2 Å². The minimum Gasteiger partial charge on any atom is -0.355 e. The van der Waals surface area contributed by atoms with Crippen LogP contribution in [0.25, 0.3) is 16.2 Å². The number of nitrogens with zero attached hydrogens (tertiary/aromatic N) is 2. The van der Waals surface area contributed by atoms with E-state index in [1.165, 1.54) is 23.1 Å². The highest BCUT2D eigenvalue weighted by Gasteiger charge is 2.41. The molecule has 6 nitrogen and oxygen atoms in total. The van der Waals surface area contributed by atoms with E-state index in [2.05, 4.69) is 5.16 Å². The standard InChI is InChI=1S/C20H15F3N2O4S/c21-20(22,23)11-5-7-25(8-6-11)19(28)18-4-3-17(30-18)16-10-14(24-29-16)13-9-12(26)1-2-15(13)27/h1-4,9-11H,5-8H2.